The zero-order valence-corrected chi connectivity index (χ0v) is 9.99. The number of urea groups is 1. The molecule has 5 heteroatoms. The summed E-state index contributed by atoms with van der Waals surface area (Å²) in [6.07, 6.45) is 1.68. The Labute approximate surface area is 96.1 Å². The number of hydrogen-bond acceptors (Lipinski definition) is 3. The molecule has 1 saturated heterocycles. The van der Waals surface area contributed by atoms with Crippen LogP contribution in [0.5, 0.6) is 0 Å². The van der Waals surface area contributed by atoms with E-state index in [0.717, 1.165) is 19.4 Å². The number of esters is 1. The number of ether oxygens (including phenoxy) is 1. The van der Waals surface area contributed by atoms with Gasteiger partial charge in [0.2, 0.25) is 0 Å². The molecule has 0 radical (unpaired) electrons. The average molecular weight is 228 g/mol. The van der Waals surface area contributed by atoms with Crippen LogP contribution in [-0.4, -0.2) is 43.1 Å². The highest BCUT2D eigenvalue weighted by Gasteiger charge is 2.28. The normalized spacial score (nSPS) is 20.4. The van der Waals surface area contributed by atoms with Crippen molar-refractivity contribution in [1.82, 2.24) is 10.2 Å². The molecule has 1 unspecified atom stereocenters. The first-order valence-corrected chi connectivity index (χ1v) is 5.88. The zero-order valence-electron chi connectivity index (χ0n) is 9.99. The maximum atomic E-state index is 11.6. The lowest BCUT2D eigenvalue weighted by Crippen LogP contribution is -2.47. The van der Waals surface area contributed by atoms with Gasteiger partial charge < -0.3 is 15.0 Å². The molecule has 1 aliphatic heterocycles. The van der Waals surface area contributed by atoms with E-state index in [9.17, 15) is 9.59 Å². The van der Waals surface area contributed by atoms with E-state index >= 15 is 0 Å². The van der Waals surface area contributed by atoms with Crippen molar-refractivity contribution >= 4 is 12.0 Å². The third-order valence-electron chi connectivity index (χ3n) is 2.66. The molecule has 1 N–H and O–H groups in total. The second-order valence-electron chi connectivity index (χ2n) is 3.87. The summed E-state index contributed by atoms with van der Waals surface area (Å²) in [5, 5.41) is 2.74. The van der Waals surface area contributed by atoms with Gasteiger partial charge in [-0.15, -0.1) is 0 Å². The highest BCUT2D eigenvalue weighted by Crippen LogP contribution is 2.17. The third kappa shape index (κ3) is 3.40. The molecule has 0 saturated carbocycles. The van der Waals surface area contributed by atoms with Gasteiger partial charge in [-0.1, -0.05) is 0 Å². The standard InChI is InChI=1S/C11H20N2O3/c1-3-12-11(15)13-7-5-6-9(8-13)10(14)16-4-2/h9H,3-8H2,1-2H3,(H,12,15). The summed E-state index contributed by atoms with van der Waals surface area (Å²) in [6.45, 7) is 5.88. The predicted octanol–water partition coefficient (Wildman–Crippen LogP) is 0.991. The number of nitrogens with zero attached hydrogens (tertiary/aromatic N) is 1. The number of rotatable bonds is 3. The molecule has 0 aromatic heterocycles. The van der Waals surface area contributed by atoms with Crippen LogP contribution in [0.4, 0.5) is 4.79 Å². The van der Waals surface area contributed by atoms with Crippen molar-refractivity contribution in [2.75, 3.05) is 26.2 Å². The van der Waals surface area contributed by atoms with E-state index in [1.54, 1.807) is 11.8 Å². The summed E-state index contributed by atoms with van der Waals surface area (Å²) in [4.78, 5) is 24.8. The van der Waals surface area contributed by atoms with E-state index < -0.39 is 0 Å². The fraction of sp³-hybridized carbons (Fsp3) is 0.818. The highest BCUT2D eigenvalue weighted by atomic mass is 16.5. The van der Waals surface area contributed by atoms with E-state index in [-0.39, 0.29) is 17.9 Å². The average Bonchev–Trinajstić information content (AvgIpc) is 2.30. The molecule has 0 bridgehead atoms. The zero-order chi connectivity index (χ0) is 12.0. The minimum absolute atomic E-state index is 0.0866. The number of nitrogens with one attached hydrogen (secondary N) is 1. The smallest absolute Gasteiger partial charge is 0.317 e. The quantitative estimate of drug-likeness (QED) is 0.733. The highest BCUT2D eigenvalue weighted by molar-refractivity contribution is 5.77. The van der Waals surface area contributed by atoms with Gasteiger partial charge >= 0.3 is 12.0 Å². The summed E-state index contributed by atoms with van der Waals surface area (Å²) >= 11 is 0. The molecule has 1 rings (SSSR count). The lowest BCUT2D eigenvalue weighted by Gasteiger charge is -2.31. The third-order valence-corrected chi connectivity index (χ3v) is 2.66. The molecule has 92 valence electrons. The Morgan fingerprint density at radius 1 is 1.44 bits per heavy atom. The summed E-state index contributed by atoms with van der Waals surface area (Å²) in [5.41, 5.74) is 0. The van der Waals surface area contributed by atoms with Gasteiger partial charge in [-0.25, -0.2) is 4.79 Å². The molecule has 2 amide bonds. The van der Waals surface area contributed by atoms with Crippen LogP contribution >= 0.6 is 0 Å². The fourth-order valence-corrected chi connectivity index (χ4v) is 1.88. The fourth-order valence-electron chi connectivity index (χ4n) is 1.88. The minimum atomic E-state index is -0.184. The first kappa shape index (κ1) is 12.8. The molecule has 5 nitrogen and oxygen atoms in total. The van der Waals surface area contributed by atoms with Crippen molar-refractivity contribution in [3.63, 3.8) is 0 Å². The van der Waals surface area contributed by atoms with Gasteiger partial charge in [-0.05, 0) is 26.7 Å². The van der Waals surface area contributed by atoms with Crippen molar-refractivity contribution in [3.05, 3.63) is 0 Å². The molecule has 0 spiro atoms. The van der Waals surface area contributed by atoms with E-state index in [1.807, 2.05) is 6.92 Å². The van der Waals surface area contributed by atoms with Gasteiger partial charge in [0, 0.05) is 19.6 Å². The van der Waals surface area contributed by atoms with Crippen molar-refractivity contribution in [1.29, 1.82) is 0 Å². The van der Waals surface area contributed by atoms with Crippen LogP contribution in [0.3, 0.4) is 0 Å². The minimum Gasteiger partial charge on any atom is -0.466 e. The summed E-state index contributed by atoms with van der Waals surface area (Å²) in [7, 11) is 0. The van der Waals surface area contributed by atoms with E-state index in [0.29, 0.717) is 19.7 Å². The number of piperidine rings is 1. The maximum Gasteiger partial charge on any atom is 0.317 e. The Kier molecular flexibility index (Phi) is 5.08. The van der Waals surface area contributed by atoms with Crippen LogP contribution in [-0.2, 0) is 9.53 Å². The molecular weight excluding hydrogens is 208 g/mol. The Balaban J connectivity index is 2.46. The predicted molar refractivity (Wildman–Crippen MR) is 60.0 cm³/mol. The topological polar surface area (TPSA) is 58.6 Å². The number of hydrogen-bond donors (Lipinski definition) is 1. The summed E-state index contributed by atoms with van der Waals surface area (Å²) < 4.78 is 4.97. The molecule has 16 heavy (non-hydrogen) atoms. The number of carbonyl (C=O) groups excluding carboxylic acids is 2. The number of amides is 2. The van der Waals surface area contributed by atoms with E-state index in [2.05, 4.69) is 5.32 Å². The van der Waals surface area contributed by atoms with Crippen LogP contribution in [0, 0.1) is 5.92 Å². The van der Waals surface area contributed by atoms with Gasteiger partial charge in [-0.2, -0.15) is 0 Å². The Bertz CT molecular complexity index is 232. The second-order valence-corrected chi connectivity index (χ2v) is 3.87. The van der Waals surface area contributed by atoms with Crippen LogP contribution < -0.4 is 5.32 Å². The van der Waals surface area contributed by atoms with Crippen LogP contribution in [0.25, 0.3) is 0 Å². The van der Waals surface area contributed by atoms with Gasteiger partial charge in [0.25, 0.3) is 0 Å². The van der Waals surface area contributed by atoms with Crippen molar-refractivity contribution in [3.8, 4) is 0 Å². The second kappa shape index (κ2) is 6.35. The van der Waals surface area contributed by atoms with Crippen LogP contribution in [0.2, 0.25) is 0 Å². The molecule has 0 aliphatic carbocycles. The monoisotopic (exact) mass is 228 g/mol. The van der Waals surface area contributed by atoms with Gasteiger partial charge in [0.05, 0.1) is 12.5 Å². The summed E-state index contributed by atoms with van der Waals surface area (Å²) in [6, 6.07) is -0.0866. The van der Waals surface area contributed by atoms with Gasteiger partial charge in [0.15, 0.2) is 0 Å². The van der Waals surface area contributed by atoms with Crippen molar-refractivity contribution in [2.45, 2.75) is 26.7 Å². The lowest BCUT2D eigenvalue weighted by atomic mass is 9.98. The van der Waals surface area contributed by atoms with E-state index in [1.165, 1.54) is 0 Å². The van der Waals surface area contributed by atoms with E-state index in [4.69, 9.17) is 4.74 Å². The van der Waals surface area contributed by atoms with Gasteiger partial charge in [-0.3, -0.25) is 4.79 Å². The SMILES string of the molecule is CCNC(=O)N1CCCC(C(=O)OCC)C1. The summed E-state index contributed by atoms with van der Waals surface area (Å²) in [5.74, 6) is -0.340. The Morgan fingerprint density at radius 2 is 2.19 bits per heavy atom. The Morgan fingerprint density at radius 3 is 2.81 bits per heavy atom. The van der Waals surface area contributed by atoms with Crippen LogP contribution in [0.1, 0.15) is 26.7 Å². The van der Waals surface area contributed by atoms with Gasteiger partial charge in [0.1, 0.15) is 0 Å². The van der Waals surface area contributed by atoms with Crippen molar-refractivity contribution in [2.24, 2.45) is 5.92 Å². The first-order chi connectivity index (χ1) is 7.69. The first-order valence-electron chi connectivity index (χ1n) is 5.88. The number of carbonyl (C=O) groups is 2. The van der Waals surface area contributed by atoms with Crippen LogP contribution in [0.15, 0.2) is 0 Å². The molecule has 0 aromatic rings. The molecule has 1 aliphatic rings. The van der Waals surface area contributed by atoms with Crippen molar-refractivity contribution < 1.29 is 14.3 Å². The lowest BCUT2D eigenvalue weighted by molar-refractivity contribution is -0.149. The molecular formula is C11H20N2O3. The molecule has 1 heterocycles. The maximum absolute atomic E-state index is 11.6. The molecule has 0 aromatic carbocycles. The molecule has 1 fully saturated rings. The Hall–Kier alpha value is -1.26. The molecule has 1 atom stereocenters. The number of likely N-dealkylation sites (tertiary alicyclic amines) is 1. The largest absolute Gasteiger partial charge is 0.466 e.